The molecule has 1 saturated heterocycles. The lowest BCUT2D eigenvalue weighted by molar-refractivity contribution is -0.136. The first-order valence-electron chi connectivity index (χ1n) is 8.76. The van der Waals surface area contributed by atoms with Crippen LogP contribution < -0.4 is 5.73 Å². The van der Waals surface area contributed by atoms with Gasteiger partial charge in [-0.3, -0.25) is 4.79 Å². The molecule has 3 unspecified atom stereocenters. The van der Waals surface area contributed by atoms with Gasteiger partial charge in [0.25, 0.3) is 0 Å². The largest absolute Gasteiger partial charge is 0.335 e. The summed E-state index contributed by atoms with van der Waals surface area (Å²) in [6, 6.07) is 18.2. The van der Waals surface area contributed by atoms with Gasteiger partial charge < -0.3 is 10.6 Å². The number of likely N-dealkylation sites (tertiary alicyclic amines) is 1. The van der Waals surface area contributed by atoms with E-state index in [-0.39, 0.29) is 23.9 Å². The zero-order valence-electron chi connectivity index (χ0n) is 14.5. The highest BCUT2D eigenvalue weighted by molar-refractivity contribution is 5.80. The molecule has 0 radical (unpaired) electrons. The maximum absolute atomic E-state index is 13.1. The van der Waals surface area contributed by atoms with Crippen LogP contribution in [0.15, 0.2) is 54.6 Å². The summed E-state index contributed by atoms with van der Waals surface area (Å²) in [5.41, 5.74) is 9.91. The number of hydrogen-bond acceptors (Lipinski definition) is 2. The molecular weight excluding hydrogens is 296 g/mol. The number of nitrogens with two attached hydrogens (primary N) is 1. The molecule has 1 amide bonds. The molecule has 0 spiro atoms. The fourth-order valence-electron chi connectivity index (χ4n) is 3.69. The predicted octanol–water partition coefficient (Wildman–Crippen LogP) is 3.99. The van der Waals surface area contributed by atoms with Crippen LogP contribution in [-0.2, 0) is 4.79 Å². The zero-order valence-corrected chi connectivity index (χ0v) is 14.5. The van der Waals surface area contributed by atoms with Crippen LogP contribution in [0.1, 0.15) is 48.5 Å². The molecule has 0 aromatic heterocycles. The predicted molar refractivity (Wildman–Crippen MR) is 97.4 cm³/mol. The van der Waals surface area contributed by atoms with Crippen LogP contribution in [0.2, 0.25) is 0 Å². The Hall–Kier alpha value is -2.13. The molecule has 126 valence electrons. The molecule has 2 N–H and O–H groups in total. The molecule has 24 heavy (non-hydrogen) atoms. The third kappa shape index (κ3) is 3.22. The molecule has 0 aliphatic carbocycles. The third-order valence-corrected chi connectivity index (χ3v) is 5.20. The van der Waals surface area contributed by atoms with Crippen LogP contribution in [0.5, 0.6) is 0 Å². The highest BCUT2D eigenvalue weighted by atomic mass is 16.2. The molecule has 0 saturated carbocycles. The number of amides is 1. The van der Waals surface area contributed by atoms with Crippen LogP contribution in [0.25, 0.3) is 0 Å². The molecular formula is C21H26N2O. The van der Waals surface area contributed by atoms with Crippen LogP contribution >= 0.6 is 0 Å². The molecule has 1 aliphatic heterocycles. The second kappa shape index (κ2) is 7.18. The van der Waals surface area contributed by atoms with Gasteiger partial charge in [-0.15, -0.1) is 0 Å². The molecule has 0 bridgehead atoms. The van der Waals surface area contributed by atoms with Crippen molar-refractivity contribution in [2.75, 3.05) is 6.54 Å². The Morgan fingerprint density at radius 2 is 1.79 bits per heavy atom. The van der Waals surface area contributed by atoms with Gasteiger partial charge in [-0.1, -0.05) is 61.5 Å². The second-order valence-corrected chi connectivity index (χ2v) is 6.77. The summed E-state index contributed by atoms with van der Waals surface area (Å²) in [6.45, 7) is 4.90. The fourth-order valence-corrected chi connectivity index (χ4v) is 3.69. The van der Waals surface area contributed by atoms with Crippen LogP contribution in [0.3, 0.4) is 0 Å². The van der Waals surface area contributed by atoms with Crippen molar-refractivity contribution in [1.29, 1.82) is 0 Å². The number of rotatable bonds is 4. The Morgan fingerprint density at radius 1 is 1.12 bits per heavy atom. The topological polar surface area (TPSA) is 46.3 Å². The van der Waals surface area contributed by atoms with Gasteiger partial charge in [0.15, 0.2) is 0 Å². The lowest BCUT2D eigenvalue weighted by Gasteiger charge is -2.31. The quantitative estimate of drug-likeness (QED) is 0.925. The summed E-state index contributed by atoms with van der Waals surface area (Å²) >= 11 is 0. The van der Waals surface area contributed by atoms with Crippen molar-refractivity contribution in [3.63, 3.8) is 0 Å². The van der Waals surface area contributed by atoms with Gasteiger partial charge in [0, 0.05) is 12.6 Å². The zero-order chi connectivity index (χ0) is 17.1. The van der Waals surface area contributed by atoms with Gasteiger partial charge in [0.1, 0.15) is 0 Å². The Morgan fingerprint density at radius 3 is 2.50 bits per heavy atom. The molecule has 1 heterocycles. The lowest BCUT2D eigenvalue weighted by atomic mass is 9.93. The van der Waals surface area contributed by atoms with Crippen molar-refractivity contribution in [3.8, 4) is 0 Å². The van der Waals surface area contributed by atoms with E-state index in [0.717, 1.165) is 24.9 Å². The summed E-state index contributed by atoms with van der Waals surface area (Å²) in [5, 5.41) is 0. The number of hydrogen-bond donors (Lipinski definition) is 1. The number of nitrogens with zero attached hydrogens (tertiary/aromatic N) is 1. The Kier molecular flexibility index (Phi) is 5.00. The van der Waals surface area contributed by atoms with Gasteiger partial charge in [-0.2, -0.15) is 0 Å². The van der Waals surface area contributed by atoms with Gasteiger partial charge in [0.05, 0.1) is 12.0 Å². The van der Waals surface area contributed by atoms with E-state index in [4.69, 9.17) is 5.73 Å². The molecule has 3 atom stereocenters. The molecule has 2 aromatic rings. The minimum Gasteiger partial charge on any atom is -0.335 e. The van der Waals surface area contributed by atoms with Crippen LogP contribution in [0.4, 0.5) is 0 Å². The Bertz CT molecular complexity index is 698. The van der Waals surface area contributed by atoms with Crippen molar-refractivity contribution in [3.05, 3.63) is 71.3 Å². The molecule has 2 aromatic carbocycles. The van der Waals surface area contributed by atoms with E-state index in [1.54, 1.807) is 0 Å². The van der Waals surface area contributed by atoms with E-state index < -0.39 is 0 Å². The number of aryl methyl sites for hydroxylation is 1. The number of carbonyl (C=O) groups excluding carboxylic acids is 1. The average molecular weight is 322 g/mol. The monoisotopic (exact) mass is 322 g/mol. The Labute approximate surface area is 144 Å². The summed E-state index contributed by atoms with van der Waals surface area (Å²) in [6.07, 6.45) is 2.09. The van der Waals surface area contributed by atoms with E-state index in [9.17, 15) is 4.79 Å². The smallest absolute Gasteiger partial charge is 0.227 e. The molecule has 3 heteroatoms. The van der Waals surface area contributed by atoms with Crippen LogP contribution in [-0.4, -0.2) is 17.4 Å². The second-order valence-electron chi connectivity index (χ2n) is 6.77. The highest BCUT2D eigenvalue weighted by Crippen LogP contribution is 2.35. The first kappa shape index (κ1) is 16.7. The van der Waals surface area contributed by atoms with Crippen molar-refractivity contribution >= 4 is 5.91 Å². The lowest BCUT2D eigenvalue weighted by Crippen LogP contribution is -2.39. The van der Waals surface area contributed by atoms with Gasteiger partial charge in [-0.05, 0) is 36.5 Å². The number of carbonyl (C=O) groups is 1. The third-order valence-electron chi connectivity index (χ3n) is 5.20. The van der Waals surface area contributed by atoms with E-state index >= 15 is 0 Å². The van der Waals surface area contributed by atoms with Gasteiger partial charge >= 0.3 is 0 Å². The molecule has 1 fully saturated rings. The SMILES string of the molecule is Cc1ccccc1C1CCCN1C(=O)C(C)C(N)c1ccccc1. The van der Waals surface area contributed by atoms with Crippen molar-refractivity contribution in [1.82, 2.24) is 4.90 Å². The first-order chi connectivity index (χ1) is 11.6. The normalized spacial score (nSPS) is 20.0. The maximum Gasteiger partial charge on any atom is 0.227 e. The van der Waals surface area contributed by atoms with Crippen LogP contribution in [0, 0.1) is 12.8 Å². The molecule has 3 rings (SSSR count). The number of benzene rings is 2. The maximum atomic E-state index is 13.1. The van der Waals surface area contributed by atoms with Crippen molar-refractivity contribution in [2.45, 2.75) is 38.8 Å². The minimum absolute atomic E-state index is 0.164. The van der Waals surface area contributed by atoms with Crippen molar-refractivity contribution in [2.24, 2.45) is 11.7 Å². The highest BCUT2D eigenvalue weighted by Gasteiger charge is 2.35. The van der Waals surface area contributed by atoms with E-state index in [1.165, 1.54) is 11.1 Å². The van der Waals surface area contributed by atoms with E-state index in [0.29, 0.717) is 0 Å². The summed E-state index contributed by atoms with van der Waals surface area (Å²) in [4.78, 5) is 15.1. The van der Waals surface area contributed by atoms with Crippen molar-refractivity contribution < 1.29 is 4.79 Å². The standard InChI is InChI=1S/C21H26N2O/c1-15-9-6-7-12-18(15)19-13-8-14-23(19)21(24)16(2)20(22)17-10-4-3-5-11-17/h3-7,9-12,16,19-20H,8,13-14,22H2,1-2H3. The average Bonchev–Trinajstić information content (AvgIpc) is 3.10. The van der Waals surface area contributed by atoms with E-state index in [1.807, 2.05) is 48.2 Å². The van der Waals surface area contributed by atoms with E-state index in [2.05, 4.69) is 25.1 Å². The molecule has 1 aliphatic rings. The summed E-state index contributed by atoms with van der Waals surface area (Å²) in [5.74, 6) is -0.0610. The minimum atomic E-state index is -0.267. The Balaban J connectivity index is 1.79. The first-order valence-corrected chi connectivity index (χ1v) is 8.76. The van der Waals surface area contributed by atoms with Gasteiger partial charge in [-0.25, -0.2) is 0 Å². The molecule has 3 nitrogen and oxygen atoms in total. The summed E-state index contributed by atoms with van der Waals surface area (Å²) in [7, 11) is 0. The van der Waals surface area contributed by atoms with Gasteiger partial charge in [0.2, 0.25) is 5.91 Å². The summed E-state index contributed by atoms with van der Waals surface area (Å²) < 4.78 is 0. The fraction of sp³-hybridized carbons (Fsp3) is 0.381.